The van der Waals surface area contributed by atoms with Crippen molar-refractivity contribution in [3.8, 4) is 5.75 Å². The SMILES string of the molecule is COc1ccc(CNC2C3COCC3N(C(=O)O)C2CO)cc1. The molecule has 1 aromatic rings. The molecule has 126 valence electrons. The summed E-state index contributed by atoms with van der Waals surface area (Å²) < 4.78 is 10.6. The van der Waals surface area contributed by atoms with Crippen LogP contribution in [0.15, 0.2) is 24.3 Å². The first-order valence-corrected chi connectivity index (χ1v) is 7.72. The van der Waals surface area contributed by atoms with Gasteiger partial charge in [-0.25, -0.2) is 4.79 Å². The zero-order chi connectivity index (χ0) is 16.4. The van der Waals surface area contributed by atoms with E-state index in [1.165, 1.54) is 4.90 Å². The highest BCUT2D eigenvalue weighted by Crippen LogP contribution is 2.35. The van der Waals surface area contributed by atoms with Crippen LogP contribution in [0.2, 0.25) is 0 Å². The third-order valence-electron chi connectivity index (χ3n) is 4.79. The number of fused-ring (bicyclic) bond motifs is 1. The Hall–Kier alpha value is -1.83. The van der Waals surface area contributed by atoms with Gasteiger partial charge in [0, 0.05) is 18.5 Å². The van der Waals surface area contributed by atoms with E-state index in [0.29, 0.717) is 19.8 Å². The number of rotatable bonds is 5. The number of nitrogens with zero attached hydrogens (tertiary/aromatic N) is 1. The fourth-order valence-corrected chi connectivity index (χ4v) is 3.65. The molecule has 3 N–H and O–H groups in total. The Bertz CT molecular complexity index is 550. The Morgan fingerprint density at radius 1 is 1.39 bits per heavy atom. The van der Waals surface area contributed by atoms with E-state index in [-0.39, 0.29) is 24.6 Å². The van der Waals surface area contributed by atoms with Gasteiger partial charge in [-0.15, -0.1) is 0 Å². The van der Waals surface area contributed by atoms with Gasteiger partial charge in [0.1, 0.15) is 5.75 Å². The van der Waals surface area contributed by atoms with Gasteiger partial charge in [0.25, 0.3) is 0 Å². The zero-order valence-electron chi connectivity index (χ0n) is 13.0. The molecule has 2 aliphatic rings. The molecule has 0 aromatic heterocycles. The lowest BCUT2D eigenvalue weighted by molar-refractivity contribution is 0.0728. The summed E-state index contributed by atoms with van der Waals surface area (Å²) in [4.78, 5) is 12.9. The second-order valence-corrected chi connectivity index (χ2v) is 5.96. The molecule has 0 aliphatic carbocycles. The molecule has 3 rings (SSSR count). The highest BCUT2D eigenvalue weighted by atomic mass is 16.5. The van der Waals surface area contributed by atoms with Crippen molar-refractivity contribution in [3.63, 3.8) is 0 Å². The molecule has 2 aliphatic heterocycles. The van der Waals surface area contributed by atoms with Gasteiger partial charge in [-0.3, -0.25) is 4.90 Å². The molecular weight excluding hydrogens is 300 g/mol. The predicted octanol–water partition coefficient (Wildman–Crippen LogP) is 0.523. The fourth-order valence-electron chi connectivity index (χ4n) is 3.65. The number of hydrogen-bond acceptors (Lipinski definition) is 5. The van der Waals surface area contributed by atoms with Crippen molar-refractivity contribution in [1.82, 2.24) is 10.2 Å². The summed E-state index contributed by atoms with van der Waals surface area (Å²) in [6.45, 7) is 1.32. The Kier molecular flexibility index (Phi) is 4.70. The Morgan fingerprint density at radius 3 is 2.74 bits per heavy atom. The van der Waals surface area contributed by atoms with Crippen LogP contribution in [-0.4, -0.2) is 66.3 Å². The van der Waals surface area contributed by atoms with Crippen LogP contribution in [-0.2, 0) is 11.3 Å². The van der Waals surface area contributed by atoms with Gasteiger partial charge < -0.3 is 25.0 Å². The minimum atomic E-state index is -1.00. The summed E-state index contributed by atoms with van der Waals surface area (Å²) in [5.41, 5.74) is 1.08. The molecule has 1 aromatic carbocycles. The molecule has 0 bridgehead atoms. The van der Waals surface area contributed by atoms with E-state index in [9.17, 15) is 15.0 Å². The van der Waals surface area contributed by atoms with Crippen LogP contribution in [0.4, 0.5) is 4.79 Å². The van der Waals surface area contributed by atoms with Crippen molar-refractivity contribution in [2.45, 2.75) is 24.7 Å². The molecule has 0 radical (unpaired) electrons. The first-order chi connectivity index (χ1) is 11.2. The van der Waals surface area contributed by atoms with E-state index in [2.05, 4.69) is 5.32 Å². The van der Waals surface area contributed by atoms with Crippen molar-refractivity contribution >= 4 is 6.09 Å². The third kappa shape index (κ3) is 2.99. The predicted molar refractivity (Wildman–Crippen MR) is 82.5 cm³/mol. The summed E-state index contributed by atoms with van der Waals surface area (Å²) in [7, 11) is 1.62. The Labute approximate surface area is 134 Å². The number of aliphatic hydroxyl groups is 1. The molecule has 4 unspecified atom stereocenters. The van der Waals surface area contributed by atoms with Crippen molar-refractivity contribution < 1.29 is 24.5 Å². The number of amides is 1. The van der Waals surface area contributed by atoms with E-state index in [0.717, 1.165) is 11.3 Å². The molecule has 7 heteroatoms. The number of methoxy groups -OCH3 is 1. The number of ether oxygens (including phenoxy) is 2. The summed E-state index contributed by atoms with van der Waals surface area (Å²) in [6.07, 6.45) is -1.00. The highest BCUT2D eigenvalue weighted by molar-refractivity contribution is 5.67. The van der Waals surface area contributed by atoms with Crippen LogP contribution < -0.4 is 10.1 Å². The molecule has 2 heterocycles. The normalized spacial score (nSPS) is 29.6. The monoisotopic (exact) mass is 322 g/mol. The summed E-state index contributed by atoms with van der Waals surface area (Å²) >= 11 is 0. The minimum Gasteiger partial charge on any atom is -0.497 e. The van der Waals surface area contributed by atoms with E-state index < -0.39 is 12.1 Å². The lowest BCUT2D eigenvalue weighted by atomic mass is 9.96. The molecule has 7 nitrogen and oxygen atoms in total. The third-order valence-corrected chi connectivity index (χ3v) is 4.79. The number of aliphatic hydroxyl groups excluding tert-OH is 1. The van der Waals surface area contributed by atoms with Crippen LogP contribution in [0, 0.1) is 5.92 Å². The van der Waals surface area contributed by atoms with Crippen LogP contribution in [0.1, 0.15) is 5.56 Å². The number of benzene rings is 1. The molecule has 23 heavy (non-hydrogen) atoms. The van der Waals surface area contributed by atoms with Crippen molar-refractivity contribution in [1.29, 1.82) is 0 Å². The second-order valence-electron chi connectivity index (χ2n) is 5.96. The van der Waals surface area contributed by atoms with Gasteiger partial charge >= 0.3 is 6.09 Å². The number of hydrogen-bond donors (Lipinski definition) is 3. The number of nitrogens with one attached hydrogen (secondary N) is 1. The molecule has 4 atom stereocenters. The molecule has 0 spiro atoms. The van der Waals surface area contributed by atoms with E-state index in [1.54, 1.807) is 7.11 Å². The van der Waals surface area contributed by atoms with Crippen molar-refractivity contribution in [2.75, 3.05) is 26.9 Å². The lowest BCUT2D eigenvalue weighted by Crippen LogP contribution is -2.49. The van der Waals surface area contributed by atoms with Crippen molar-refractivity contribution in [2.24, 2.45) is 5.92 Å². The molecule has 1 amide bonds. The number of carbonyl (C=O) groups is 1. The highest BCUT2D eigenvalue weighted by Gasteiger charge is 2.53. The smallest absolute Gasteiger partial charge is 0.408 e. The largest absolute Gasteiger partial charge is 0.497 e. The maximum Gasteiger partial charge on any atom is 0.408 e. The van der Waals surface area contributed by atoms with Gasteiger partial charge in [-0.2, -0.15) is 0 Å². The first kappa shape index (κ1) is 16.0. The maximum absolute atomic E-state index is 11.5. The van der Waals surface area contributed by atoms with Gasteiger partial charge in [0.05, 0.1) is 39.0 Å². The standard InChI is InChI=1S/C16H22N2O5/c1-22-11-4-2-10(3-5-11)6-17-15-12-8-23-9-14(12)18(16(20)21)13(15)7-19/h2-5,12-15,17,19H,6-9H2,1H3,(H,20,21). The van der Waals surface area contributed by atoms with Crippen LogP contribution >= 0.6 is 0 Å². The van der Waals surface area contributed by atoms with Gasteiger partial charge in [-0.05, 0) is 17.7 Å². The minimum absolute atomic E-state index is 0.0708. The molecule has 0 saturated carbocycles. The fraction of sp³-hybridized carbons (Fsp3) is 0.562. The first-order valence-electron chi connectivity index (χ1n) is 7.72. The lowest BCUT2D eigenvalue weighted by Gasteiger charge is -2.28. The zero-order valence-corrected chi connectivity index (χ0v) is 13.0. The van der Waals surface area contributed by atoms with E-state index in [4.69, 9.17) is 9.47 Å². The topological polar surface area (TPSA) is 91.3 Å². The Balaban J connectivity index is 1.71. The molecule has 2 saturated heterocycles. The van der Waals surface area contributed by atoms with E-state index in [1.807, 2.05) is 24.3 Å². The van der Waals surface area contributed by atoms with Crippen LogP contribution in [0.5, 0.6) is 5.75 Å². The molecular formula is C16H22N2O5. The summed E-state index contributed by atoms with van der Waals surface area (Å²) in [6, 6.07) is 6.97. The van der Waals surface area contributed by atoms with Crippen molar-refractivity contribution in [3.05, 3.63) is 29.8 Å². The Morgan fingerprint density at radius 2 is 2.13 bits per heavy atom. The summed E-state index contributed by atoms with van der Waals surface area (Å²) in [5.74, 6) is 0.866. The van der Waals surface area contributed by atoms with Gasteiger partial charge in [0.2, 0.25) is 0 Å². The number of likely N-dealkylation sites (tertiary alicyclic amines) is 1. The average Bonchev–Trinajstić information content (AvgIpc) is 3.13. The van der Waals surface area contributed by atoms with Crippen LogP contribution in [0.25, 0.3) is 0 Å². The van der Waals surface area contributed by atoms with Gasteiger partial charge in [0.15, 0.2) is 0 Å². The second kappa shape index (κ2) is 6.74. The van der Waals surface area contributed by atoms with Gasteiger partial charge in [-0.1, -0.05) is 12.1 Å². The molecule has 2 fully saturated rings. The van der Waals surface area contributed by atoms with E-state index >= 15 is 0 Å². The number of carboxylic acid groups (broad SMARTS) is 1. The average molecular weight is 322 g/mol. The summed E-state index contributed by atoms with van der Waals surface area (Å²) in [5, 5.41) is 22.5. The van der Waals surface area contributed by atoms with Crippen LogP contribution in [0.3, 0.4) is 0 Å². The maximum atomic E-state index is 11.5. The quantitative estimate of drug-likeness (QED) is 0.732.